The molecule has 4 aliphatic carbocycles. The Hall–Kier alpha value is -4.14. The van der Waals surface area contributed by atoms with Gasteiger partial charge in [-0.05, 0) is 68.4 Å². The number of ketones is 3. The number of carbonyl (C=O) groups excluding carboxylic acids is 6. The van der Waals surface area contributed by atoms with Crippen LogP contribution in [0.15, 0.2) is 67.3 Å². The first-order chi connectivity index (χ1) is 19.1. The highest BCUT2D eigenvalue weighted by atomic mass is 16.5. The van der Waals surface area contributed by atoms with E-state index in [2.05, 4.69) is 24.5 Å². The zero-order valence-corrected chi connectivity index (χ0v) is 24.2. The molecular weight excluding hydrogens is 528 g/mol. The quantitative estimate of drug-likeness (QED) is 0.175. The Labute approximate surface area is 240 Å². The lowest BCUT2D eigenvalue weighted by atomic mass is 9.49. The molecule has 220 valence electrons. The summed E-state index contributed by atoms with van der Waals surface area (Å²) in [6.07, 6.45) is 6.76. The Morgan fingerprint density at radius 1 is 0.634 bits per heavy atom. The van der Waals surface area contributed by atoms with Gasteiger partial charge in [-0.2, -0.15) is 0 Å². The van der Waals surface area contributed by atoms with Gasteiger partial charge in [-0.25, -0.2) is 4.79 Å². The van der Waals surface area contributed by atoms with Crippen molar-refractivity contribution >= 4 is 35.3 Å². The summed E-state index contributed by atoms with van der Waals surface area (Å²) in [5.41, 5.74) is 0.0996. The van der Waals surface area contributed by atoms with E-state index in [4.69, 9.17) is 9.47 Å². The van der Waals surface area contributed by atoms with Crippen LogP contribution in [0.2, 0.25) is 0 Å². The highest BCUT2D eigenvalue weighted by Crippen LogP contribution is 2.60. The zero-order chi connectivity index (χ0) is 30.9. The van der Waals surface area contributed by atoms with Crippen LogP contribution >= 0.6 is 0 Å². The third-order valence-corrected chi connectivity index (χ3v) is 7.36. The number of carbonyl (C=O) groups is 6. The Kier molecular flexibility index (Phi) is 11.7. The minimum atomic E-state index is -0.564. The van der Waals surface area contributed by atoms with Crippen molar-refractivity contribution in [2.24, 2.45) is 23.2 Å². The van der Waals surface area contributed by atoms with Crippen molar-refractivity contribution in [2.75, 3.05) is 0 Å². The van der Waals surface area contributed by atoms with Crippen molar-refractivity contribution in [3.8, 4) is 0 Å². The molecule has 1 aromatic carbocycles. The van der Waals surface area contributed by atoms with Gasteiger partial charge in [0.05, 0.1) is 11.0 Å². The molecule has 4 bridgehead atoms. The van der Waals surface area contributed by atoms with Gasteiger partial charge < -0.3 is 14.2 Å². The van der Waals surface area contributed by atoms with Crippen LogP contribution in [-0.2, 0) is 38.2 Å². The second-order valence-electron chi connectivity index (χ2n) is 10.9. The van der Waals surface area contributed by atoms with Crippen molar-refractivity contribution in [3.05, 3.63) is 72.9 Å². The lowest BCUT2D eigenvalue weighted by Gasteiger charge is -2.55. The van der Waals surface area contributed by atoms with Crippen LogP contribution < -0.4 is 0 Å². The van der Waals surface area contributed by atoms with Gasteiger partial charge in [0.1, 0.15) is 0 Å². The third kappa shape index (κ3) is 9.77. The first-order valence-corrected chi connectivity index (χ1v) is 13.4. The monoisotopic (exact) mass is 566 g/mol. The number of esters is 3. The number of hydrogen-bond donors (Lipinski definition) is 0. The van der Waals surface area contributed by atoms with Crippen LogP contribution in [-0.4, -0.2) is 35.3 Å². The van der Waals surface area contributed by atoms with E-state index in [1.807, 2.05) is 0 Å². The molecule has 0 unspecified atom stereocenters. The van der Waals surface area contributed by atoms with Gasteiger partial charge >= 0.3 is 17.9 Å². The molecule has 41 heavy (non-hydrogen) atoms. The van der Waals surface area contributed by atoms with E-state index in [1.54, 1.807) is 30.3 Å². The zero-order valence-electron chi connectivity index (χ0n) is 24.2. The molecule has 0 radical (unpaired) electrons. The fraction of sp³-hybridized carbons (Fsp3) is 0.438. The van der Waals surface area contributed by atoms with Crippen molar-refractivity contribution in [1.29, 1.82) is 0 Å². The summed E-state index contributed by atoms with van der Waals surface area (Å²) < 4.78 is 14.3. The van der Waals surface area contributed by atoms with Crippen molar-refractivity contribution in [1.82, 2.24) is 0 Å². The molecule has 0 heterocycles. The predicted octanol–water partition coefficient (Wildman–Crippen LogP) is 5.45. The molecule has 0 saturated heterocycles. The maximum Gasteiger partial charge on any atom is 0.343 e. The van der Waals surface area contributed by atoms with Gasteiger partial charge in [-0.15, -0.1) is 0 Å². The Morgan fingerprint density at radius 3 is 1.39 bits per heavy atom. The molecule has 4 fully saturated rings. The number of ether oxygens (including phenoxy) is 3. The number of Topliss-reactive ketones (excluding diaryl/α,β-unsaturated/α-hetero) is 3. The summed E-state index contributed by atoms with van der Waals surface area (Å²) in [5, 5.41) is 0. The molecule has 9 heteroatoms. The molecule has 1 aromatic rings. The van der Waals surface area contributed by atoms with Gasteiger partial charge in [0, 0.05) is 27.7 Å². The molecule has 0 atom stereocenters. The second kappa shape index (κ2) is 14.5. The first kappa shape index (κ1) is 33.1. The van der Waals surface area contributed by atoms with Crippen molar-refractivity contribution < 1.29 is 43.0 Å². The summed E-state index contributed by atoms with van der Waals surface area (Å²) in [7, 11) is 0. The van der Waals surface area contributed by atoms with E-state index in [9.17, 15) is 28.8 Å². The maximum atomic E-state index is 12.4. The molecule has 0 amide bonds. The van der Waals surface area contributed by atoms with Crippen LogP contribution in [0, 0.1) is 23.2 Å². The SMILES string of the molecule is C=C(OC(=O)C12CC3CC(CC(C3)C1)C2)C(C)=O.C=C(OC(=O)c1ccccc1)C(C)=O.C=C(OC(C)=O)C(C)=O. The summed E-state index contributed by atoms with van der Waals surface area (Å²) in [4.78, 5) is 66.0. The highest BCUT2D eigenvalue weighted by Gasteiger charge is 2.55. The van der Waals surface area contributed by atoms with Crippen LogP contribution in [0.25, 0.3) is 0 Å². The molecule has 0 aromatic heterocycles. The number of allylic oxidation sites excluding steroid dienone is 3. The standard InChI is InChI=1S/C15H20O3.C11H10O3.C6H8O3/c1-9(16)10(2)18-14(17)15-6-11-3-12(7-15)5-13(4-11)8-15;1-8(12)9(2)14-11(13)10-6-4-3-5-7-10;1-4(7)5(2)9-6(3)8/h11-13H,2-8H2,1H3;3-7H,2H2,1H3;2H2,1,3H3. The minimum absolute atomic E-state index is 0.00394. The summed E-state index contributed by atoms with van der Waals surface area (Å²) >= 11 is 0. The van der Waals surface area contributed by atoms with Crippen LogP contribution in [0.5, 0.6) is 0 Å². The summed E-state index contributed by atoms with van der Waals surface area (Å²) in [6.45, 7) is 15.2. The Balaban J connectivity index is 0.000000229. The lowest BCUT2D eigenvalue weighted by molar-refractivity contribution is -0.168. The largest absolute Gasteiger partial charge is 0.424 e. The van der Waals surface area contributed by atoms with Crippen LogP contribution in [0.1, 0.15) is 76.6 Å². The van der Waals surface area contributed by atoms with E-state index in [0.717, 1.165) is 19.3 Å². The van der Waals surface area contributed by atoms with Gasteiger partial charge in [0.2, 0.25) is 0 Å². The molecular formula is C32H38O9. The normalized spacial score (nSPS) is 22.8. The number of rotatable bonds is 8. The molecule has 0 aliphatic heterocycles. The van der Waals surface area contributed by atoms with Gasteiger partial charge in [0.15, 0.2) is 34.6 Å². The molecule has 0 N–H and O–H groups in total. The maximum absolute atomic E-state index is 12.4. The lowest BCUT2D eigenvalue weighted by Crippen LogP contribution is -2.50. The second-order valence-corrected chi connectivity index (χ2v) is 10.9. The fourth-order valence-electron chi connectivity index (χ4n) is 5.71. The molecule has 4 saturated carbocycles. The Bertz CT molecular complexity index is 1200. The Morgan fingerprint density at radius 2 is 1.02 bits per heavy atom. The average Bonchev–Trinajstić information content (AvgIpc) is 2.88. The van der Waals surface area contributed by atoms with E-state index >= 15 is 0 Å². The van der Waals surface area contributed by atoms with E-state index < -0.39 is 11.9 Å². The highest BCUT2D eigenvalue weighted by molar-refractivity contribution is 5.97. The van der Waals surface area contributed by atoms with Gasteiger partial charge in [-0.3, -0.25) is 24.0 Å². The smallest absolute Gasteiger partial charge is 0.343 e. The van der Waals surface area contributed by atoms with E-state index in [0.29, 0.717) is 23.3 Å². The van der Waals surface area contributed by atoms with Gasteiger partial charge in [0.25, 0.3) is 0 Å². The third-order valence-electron chi connectivity index (χ3n) is 7.36. The molecule has 5 rings (SSSR count). The minimum Gasteiger partial charge on any atom is -0.424 e. The van der Waals surface area contributed by atoms with Crippen LogP contribution in [0.3, 0.4) is 0 Å². The topological polar surface area (TPSA) is 130 Å². The molecule has 0 spiro atoms. The van der Waals surface area contributed by atoms with E-state index in [1.165, 1.54) is 47.0 Å². The summed E-state index contributed by atoms with van der Waals surface area (Å²) in [6, 6.07) is 8.43. The van der Waals surface area contributed by atoms with Gasteiger partial charge in [-0.1, -0.05) is 37.9 Å². The number of benzene rings is 1. The fourth-order valence-corrected chi connectivity index (χ4v) is 5.71. The van der Waals surface area contributed by atoms with Crippen molar-refractivity contribution in [3.63, 3.8) is 0 Å². The summed E-state index contributed by atoms with van der Waals surface area (Å²) in [5.74, 6) is -0.356. The predicted molar refractivity (Wildman–Crippen MR) is 150 cm³/mol. The number of hydrogen-bond acceptors (Lipinski definition) is 9. The molecule has 4 aliphatic rings. The first-order valence-electron chi connectivity index (χ1n) is 13.4. The van der Waals surface area contributed by atoms with Crippen molar-refractivity contribution in [2.45, 2.75) is 66.2 Å². The average molecular weight is 567 g/mol. The molecule has 9 nitrogen and oxygen atoms in total. The van der Waals surface area contributed by atoms with Crippen LogP contribution in [0.4, 0.5) is 0 Å². The van der Waals surface area contributed by atoms with E-state index in [-0.39, 0.29) is 46.0 Å².